The molecule has 1 fully saturated rings. The average Bonchev–Trinajstić information content (AvgIpc) is 2.77. The zero-order valence-electron chi connectivity index (χ0n) is 12.9. The Morgan fingerprint density at radius 2 is 2.19 bits per heavy atom. The maximum absolute atomic E-state index is 6.30. The molecule has 0 spiro atoms. The highest BCUT2D eigenvalue weighted by Crippen LogP contribution is 2.37. The Morgan fingerprint density at radius 1 is 1.43 bits per heavy atom. The normalized spacial score (nSPS) is 20.5. The van der Waals surface area contributed by atoms with Crippen molar-refractivity contribution < 1.29 is 14.2 Å². The van der Waals surface area contributed by atoms with E-state index in [9.17, 15) is 0 Å². The van der Waals surface area contributed by atoms with Crippen LogP contribution in [0.15, 0.2) is 12.1 Å². The van der Waals surface area contributed by atoms with Gasteiger partial charge in [0.2, 0.25) is 0 Å². The van der Waals surface area contributed by atoms with Crippen molar-refractivity contribution in [1.82, 2.24) is 0 Å². The van der Waals surface area contributed by atoms with Crippen molar-refractivity contribution in [2.45, 2.75) is 44.8 Å². The van der Waals surface area contributed by atoms with Gasteiger partial charge in [0.15, 0.2) is 11.5 Å². The Balaban J connectivity index is 2.05. The second-order valence-corrected chi connectivity index (χ2v) is 6.40. The van der Waals surface area contributed by atoms with Gasteiger partial charge in [0.1, 0.15) is 6.61 Å². The summed E-state index contributed by atoms with van der Waals surface area (Å²) in [5.41, 5.74) is 6.56. The average molecular weight is 314 g/mol. The smallest absolute Gasteiger partial charge is 0.179 e. The van der Waals surface area contributed by atoms with Gasteiger partial charge in [0, 0.05) is 0 Å². The Labute approximate surface area is 131 Å². The molecule has 0 saturated carbocycles. The Kier molecular flexibility index (Phi) is 5.36. The lowest BCUT2D eigenvalue weighted by Crippen LogP contribution is -2.24. The first-order valence-corrected chi connectivity index (χ1v) is 7.70. The molecule has 0 radical (unpaired) electrons. The van der Waals surface area contributed by atoms with Crippen molar-refractivity contribution in [2.24, 2.45) is 5.73 Å². The minimum atomic E-state index is -0.0626. The summed E-state index contributed by atoms with van der Waals surface area (Å²) in [4.78, 5) is 0. The van der Waals surface area contributed by atoms with Crippen molar-refractivity contribution in [3.05, 3.63) is 22.7 Å². The molecule has 118 valence electrons. The fourth-order valence-corrected chi connectivity index (χ4v) is 2.88. The van der Waals surface area contributed by atoms with Gasteiger partial charge in [-0.25, -0.2) is 0 Å². The Bertz CT molecular complexity index is 491. The topological polar surface area (TPSA) is 53.7 Å². The predicted molar refractivity (Wildman–Crippen MR) is 84.4 cm³/mol. The van der Waals surface area contributed by atoms with E-state index in [1.807, 2.05) is 12.1 Å². The molecule has 0 aliphatic carbocycles. The Morgan fingerprint density at radius 3 is 2.76 bits per heavy atom. The number of halogens is 1. The van der Waals surface area contributed by atoms with E-state index in [0.717, 1.165) is 24.8 Å². The highest BCUT2D eigenvalue weighted by Gasteiger charge is 2.32. The summed E-state index contributed by atoms with van der Waals surface area (Å²) in [7, 11) is 1.61. The fourth-order valence-electron chi connectivity index (χ4n) is 2.60. The molecule has 4 nitrogen and oxygen atoms in total. The number of benzene rings is 1. The molecular weight excluding hydrogens is 290 g/mol. The molecule has 2 N–H and O–H groups in total. The monoisotopic (exact) mass is 313 g/mol. The lowest BCUT2D eigenvalue weighted by molar-refractivity contribution is -0.0328. The number of ether oxygens (including phenoxy) is 3. The van der Waals surface area contributed by atoms with E-state index < -0.39 is 0 Å². The van der Waals surface area contributed by atoms with Crippen molar-refractivity contribution in [3.63, 3.8) is 0 Å². The van der Waals surface area contributed by atoms with Gasteiger partial charge in [-0.05, 0) is 57.4 Å². The molecule has 1 aromatic rings. The third kappa shape index (κ3) is 4.25. The summed E-state index contributed by atoms with van der Waals surface area (Å²) in [5.74, 6) is 1.22. The molecule has 1 aliphatic rings. The van der Waals surface area contributed by atoms with Gasteiger partial charge >= 0.3 is 0 Å². The summed E-state index contributed by atoms with van der Waals surface area (Å²) in [6.07, 6.45) is 2.90. The number of rotatable bonds is 6. The maximum Gasteiger partial charge on any atom is 0.179 e. The van der Waals surface area contributed by atoms with Gasteiger partial charge in [0.05, 0.1) is 23.8 Å². The van der Waals surface area contributed by atoms with Crippen molar-refractivity contribution >= 4 is 11.6 Å². The first-order valence-electron chi connectivity index (χ1n) is 7.32. The highest BCUT2D eigenvalue weighted by molar-refractivity contribution is 6.32. The zero-order valence-corrected chi connectivity index (χ0v) is 13.7. The SMILES string of the molecule is COc1cc(CCN)cc(Cl)c1OCC1CCC(C)(C)O1. The molecule has 0 aromatic heterocycles. The van der Waals surface area contributed by atoms with Crippen LogP contribution in [0.25, 0.3) is 0 Å². The van der Waals surface area contributed by atoms with Crippen LogP contribution in [0.2, 0.25) is 5.02 Å². The third-order valence-electron chi connectivity index (χ3n) is 3.69. The van der Waals surface area contributed by atoms with Crippen LogP contribution in [0, 0.1) is 0 Å². The zero-order chi connectivity index (χ0) is 15.5. The summed E-state index contributed by atoms with van der Waals surface area (Å²) in [6.45, 7) is 5.25. The number of methoxy groups -OCH3 is 1. The van der Waals surface area contributed by atoms with E-state index in [-0.39, 0.29) is 11.7 Å². The lowest BCUT2D eigenvalue weighted by atomic mass is 10.1. The highest BCUT2D eigenvalue weighted by atomic mass is 35.5. The quantitative estimate of drug-likeness (QED) is 0.876. The molecule has 5 heteroatoms. The largest absolute Gasteiger partial charge is 0.493 e. The molecule has 1 heterocycles. The first kappa shape index (κ1) is 16.4. The molecule has 21 heavy (non-hydrogen) atoms. The molecule has 2 rings (SSSR count). The predicted octanol–water partition coefficient (Wildman–Crippen LogP) is 3.19. The van der Waals surface area contributed by atoms with Gasteiger partial charge in [-0.15, -0.1) is 0 Å². The van der Waals surface area contributed by atoms with Crippen LogP contribution < -0.4 is 15.2 Å². The van der Waals surface area contributed by atoms with E-state index in [1.54, 1.807) is 7.11 Å². The van der Waals surface area contributed by atoms with Crippen molar-refractivity contribution in [2.75, 3.05) is 20.3 Å². The first-order chi connectivity index (χ1) is 9.95. The van der Waals surface area contributed by atoms with Crippen molar-refractivity contribution in [3.8, 4) is 11.5 Å². The molecule has 1 aromatic carbocycles. The lowest BCUT2D eigenvalue weighted by Gasteiger charge is -2.20. The van der Waals surface area contributed by atoms with Gasteiger partial charge in [-0.2, -0.15) is 0 Å². The molecule has 1 unspecified atom stereocenters. The van der Waals surface area contributed by atoms with E-state index >= 15 is 0 Å². The van der Waals surface area contributed by atoms with Gasteiger partial charge in [-0.1, -0.05) is 11.6 Å². The Hall–Kier alpha value is -0.970. The van der Waals surface area contributed by atoms with Gasteiger partial charge < -0.3 is 19.9 Å². The fraction of sp³-hybridized carbons (Fsp3) is 0.625. The molecule has 1 saturated heterocycles. The number of hydrogen-bond donors (Lipinski definition) is 1. The second-order valence-electron chi connectivity index (χ2n) is 6.00. The van der Waals surface area contributed by atoms with Gasteiger partial charge in [0.25, 0.3) is 0 Å². The van der Waals surface area contributed by atoms with Crippen LogP contribution in [0.3, 0.4) is 0 Å². The summed E-state index contributed by atoms with van der Waals surface area (Å²) in [6, 6.07) is 3.80. The van der Waals surface area contributed by atoms with E-state index in [2.05, 4.69) is 13.8 Å². The van der Waals surface area contributed by atoms with Crippen LogP contribution in [0.5, 0.6) is 11.5 Å². The molecule has 1 aliphatic heterocycles. The molecule has 0 amide bonds. The van der Waals surface area contributed by atoms with Gasteiger partial charge in [-0.3, -0.25) is 0 Å². The molecular formula is C16H24ClNO3. The third-order valence-corrected chi connectivity index (χ3v) is 3.97. The van der Waals surface area contributed by atoms with E-state index in [4.69, 9.17) is 31.5 Å². The summed E-state index contributed by atoms with van der Waals surface area (Å²) >= 11 is 6.30. The second kappa shape index (κ2) is 6.86. The minimum absolute atomic E-state index is 0.0626. The van der Waals surface area contributed by atoms with Crippen LogP contribution in [0.1, 0.15) is 32.3 Å². The minimum Gasteiger partial charge on any atom is -0.493 e. The van der Waals surface area contributed by atoms with Crippen LogP contribution in [-0.2, 0) is 11.2 Å². The van der Waals surface area contributed by atoms with Crippen LogP contribution in [-0.4, -0.2) is 32.0 Å². The van der Waals surface area contributed by atoms with E-state index in [1.165, 1.54) is 0 Å². The van der Waals surface area contributed by atoms with Crippen LogP contribution in [0.4, 0.5) is 0 Å². The molecule has 1 atom stereocenters. The maximum atomic E-state index is 6.30. The summed E-state index contributed by atoms with van der Waals surface area (Å²) in [5, 5.41) is 0.551. The number of hydrogen-bond acceptors (Lipinski definition) is 4. The van der Waals surface area contributed by atoms with Crippen LogP contribution >= 0.6 is 11.6 Å². The number of nitrogens with two attached hydrogens (primary N) is 1. The molecule has 0 bridgehead atoms. The summed E-state index contributed by atoms with van der Waals surface area (Å²) < 4.78 is 17.2. The van der Waals surface area contributed by atoms with E-state index in [0.29, 0.717) is 29.7 Å². The van der Waals surface area contributed by atoms with Crippen molar-refractivity contribution in [1.29, 1.82) is 0 Å². The standard InChI is InChI=1S/C16H24ClNO3/c1-16(2)6-4-12(21-16)10-20-15-13(17)8-11(5-7-18)9-14(15)19-3/h8-9,12H,4-7,10,18H2,1-3H3.